The fraction of sp³-hybridized carbons (Fsp3) is 1.00. The molecule has 0 spiro atoms. The van der Waals surface area contributed by atoms with E-state index in [-0.39, 0.29) is 0 Å². The van der Waals surface area contributed by atoms with Crippen molar-refractivity contribution in [2.75, 3.05) is 26.7 Å². The van der Waals surface area contributed by atoms with Crippen LogP contribution in [-0.2, 0) is 4.74 Å². The highest BCUT2D eigenvalue weighted by Crippen LogP contribution is 2.17. The van der Waals surface area contributed by atoms with Crippen LogP contribution in [0.25, 0.3) is 0 Å². The van der Waals surface area contributed by atoms with Gasteiger partial charge in [-0.2, -0.15) is 0 Å². The van der Waals surface area contributed by atoms with Gasteiger partial charge in [0.05, 0.1) is 12.2 Å². The molecule has 3 nitrogen and oxygen atoms in total. The van der Waals surface area contributed by atoms with Crippen molar-refractivity contribution in [1.82, 2.24) is 10.2 Å². The summed E-state index contributed by atoms with van der Waals surface area (Å²) in [5.74, 6) is 0.687. The summed E-state index contributed by atoms with van der Waals surface area (Å²) < 4.78 is 5.75. The Hall–Kier alpha value is -0.120. The summed E-state index contributed by atoms with van der Waals surface area (Å²) in [7, 11) is 2.02. The molecule has 1 saturated heterocycles. The topological polar surface area (TPSA) is 24.5 Å². The Labute approximate surface area is 94.2 Å². The molecule has 0 aliphatic carbocycles. The molecule has 1 N–H and O–H groups in total. The van der Waals surface area contributed by atoms with Crippen molar-refractivity contribution in [2.24, 2.45) is 5.92 Å². The van der Waals surface area contributed by atoms with E-state index >= 15 is 0 Å². The zero-order valence-corrected chi connectivity index (χ0v) is 10.8. The van der Waals surface area contributed by atoms with E-state index < -0.39 is 0 Å². The summed E-state index contributed by atoms with van der Waals surface area (Å²) in [4.78, 5) is 2.56. The lowest BCUT2D eigenvalue weighted by Crippen LogP contribution is -2.51. The quantitative estimate of drug-likeness (QED) is 0.764. The predicted octanol–water partition coefficient (Wildman–Crippen LogP) is 1.34. The Morgan fingerprint density at radius 2 is 1.80 bits per heavy atom. The molecule has 0 aromatic heterocycles. The first-order chi connectivity index (χ1) is 7.04. The Kier molecular flexibility index (Phi) is 5.03. The third-order valence-electron chi connectivity index (χ3n) is 3.37. The number of ether oxygens (including phenoxy) is 1. The van der Waals surface area contributed by atoms with Crippen LogP contribution >= 0.6 is 0 Å². The van der Waals surface area contributed by atoms with Crippen LogP contribution in [-0.4, -0.2) is 49.8 Å². The molecule has 0 amide bonds. The van der Waals surface area contributed by atoms with Crippen molar-refractivity contribution in [2.45, 2.75) is 45.9 Å². The van der Waals surface area contributed by atoms with Crippen LogP contribution in [0.5, 0.6) is 0 Å². The van der Waals surface area contributed by atoms with Crippen molar-refractivity contribution < 1.29 is 4.74 Å². The van der Waals surface area contributed by atoms with Gasteiger partial charge in [0, 0.05) is 19.1 Å². The molecule has 1 rings (SSSR count). The first kappa shape index (κ1) is 12.9. The van der Waals surface area contributed by atoms with Gasteiger partial charge in [-0.3, -0.25) is 4.90 Å². The van der Waals surface area contributed by atoms with Crippen molar-refractivity contribution in [3.8, 4) is 0 Å². The maximum Gasteiger partial charge on any atom is 0.0678 e. The van der Waals surface area contributed by atoms with E-state index in [1.807, 2.05) is 7.05 Å². The number of nitrogens with one attached hydrogen (secondary N) is 1. The van der Waals surface area contributed by atoms with Gasteiger partial charge in [-0.15, -0.1) is 0 Å². The third kappa shape index (κ3) is 3.74. The lowest BCUT2D eigenvalue weighted by atomic mass is 10.0. The van der Waals surface area contributed by atoms with Gasteiger partial charge >= 0.3 is 0 Å². The van der Waals surface area contributed by atoms with Crippen LogP contribution in [0.4, 0.5) is 0 Å². The SMILES string of the molecule is CNCC(C)C(C)N1C[C@@H](C)O[C@@H](C)C1. The Morgan fingerprint density at radius 3 is 2.27 bits per heavy atom. The summed E-state index contributed by atoms with van der Waals surface area (Å²) in [6, 6.07) is 0.631. The second-order valence-electron chi connectivity index (χ2n) is 4.99. The molecule has 2 unspecified atom stereocenters. The van der Waals surface area contributed by atoms with E-state index in [1.54, 1.807) is 0 Å². The van der Waals surface area contributed by atoms with Crippen LogP contribution in [0, 0.1) is 5.92 Å². The fourth-order valence-electron chi connectivity index (χ4n) is 2.40. The molecule has 1 fully saturated rings. The molecule has 0 saturated carbocycles. The minimum Gasteiger partial charge on any atom is -0.373 e. The highest BCUT2D eigenvalue weighted by molar-refractivity contribution is 4.80. The van der Waals surface area contributed by atoms with E-state index in [2.05, 4.69) is 37.9 Å². The van der Waals surface area contributed by atoms with Gasteiger partial charge in [0.2, 0.25) is 0 Å². The highest BCUT2D eigenvalue weighted by atomic mass is 16.5. The predicted molar refractivity (Wildman–Crippen MR) is 64.1 cm³/mol. The zero-order chi connectivity index (χ0) is 11.4. The molecule has 1 aliphatic heterocycles. The molecule has 0 aromatic rings. The number of rotatable bonds is 4. The first-order valence-electron chi connectivity index (χ1n) is 6.08. The van der Waals surface area contributed by atoms with Gasteiger partial charge in [0.1, 0.15) is 0 Å². The molecule has 15 heavy (non-hydrogen) atoms. The maximum absolute atomic E-state index is 5.75. The van der Waals surface area contributed by atoms with Gasteiger partial charge in [-0.1, -0.05) is 6.92 Å². The molecule has 4 atom stereocenters. The molecule has 0 aromatic carbocycles. The maximum atomic E-state index is 5.75. The van der Waals surface area contributed by atoms with Gasteiger partial charge in [0.25, 0.3) is 0 Å². The number of nitrogens with zero attached hydrogens (tertiary/aromatic N) is 1. The van der Waals surface area contributed by atoms with Crippen LogP contribution in [0.3, 0.4) is 0 Å². The van der Waals surface area contributed by atoms with E-state index in [1.165, 1.54) is 0 Å². The average molecular weight is 214 g/mol. The number of morpholine rings is 1. The molecule has 1 aliphatic rings. The van der Waals surface area contributed by atoms with Crippen molar-refractivity contribution >= 4 is 0 Å². The molecule has 3 heteroatoms. The summed E-state index contributed by atoms with van der Waals surface area (Å²) in [5, 5.41) is 3.25. The van der Waals surface area contributed by atoms with Crippen LogP contribution in [0.1, 0.15) is 27.7 Å². The smallest absolute Gasteiger partial charge is 0.0678 e. The minimum atomic E-state index is 0.373. The first-order valence-corrected chi connectivity index (χ1v) is 6.08. The Bertz CT molecular complexity index is 176. The van der Waals surface area contributed by atoms with Crippen LogP contribution < -0.4 is 5.32 Å². The summed E-state index contributed by atoms with van der Waals surface area (Å²) in [5.41, 5.74) is 0. The molecule has 0 bridgehead atoms. The van der Waals surface area contributed by atoms with E-state index in [0.717, 1.165) is 19.6 Å². The molecular formula is C12H26N2O. The second kappa shape index (κ2) is 5.83. The lowest BCUT2D eigenvalue weighted by Gasteiger charge is -2.41. The molecular weight excluding hydrogens is 188 g/mol. The van der Waals surface area contributed by atoms with Crippen LogP contribution in [0.2, 0.25) is 0 Å². The lowest BCUT2D eigenvalue weighted by molar-refractivity contribution is -0.0836. The minimum absolute atomic E-state index is 0.373. The number of hydrogen-bond acceptors (Lipinski definition) is 3. The summed E-state index contributed by atoms with van der Waals surface area (Å²) >= 11 is 0. The van der Waals surface area contributed by atoms with E-state index in [0.29, 0.717) is 24.2 Å². The van der Waals surface area contributed by atoms with Crippen molar-refractivity contribution in [3.63, 3.8) is 0 Å². The van der Waals surface area contributed by atoms with Crippen molar-refractivity contribution in [1.29, 1.82) is 0 Å². The summed E-state index contributed by atoms with van der Waals surface area (Å²) in [6.07, 6.45) is 0.746. The monoisotopic (exact) mass is 214 g/mol. The highest BCUT2D eigenvalue weighted by Gasteiger charge is 2.27. The van der Waals surface area contributed by atoms with E-state index in [9.17, 15) is 0 Å². The second-order valence-corrected chi connectivity index (χ2v) is 4.99. The molecule has 90 valence electrons. The van der Waals surface area contributed by atoms with Crippen LogP contribution in [0.15, 0.2) is 0 Å². The molecule has 1 heterocycles. The normalized spacial score (nSPS) is 32.6. The van der Waals surface area contributed by atoms with Crippen molar-refractivity contribution in [3.05, 3.63) is 0 Å². The summed E-state index contributed by atoms with van der Waals surface area (Å²) in [6.45, 7) is 12.2. The fourth-order valence-corrected chi connectivity index (χ4v) is 2.40. The third-order valence-corrected chi connectivity index (χ3v) is 3.37. The Balaban J connectivity index is 2.47. The number of hydrogen-bond donors (Lipinski definition) is 1. The zero-order valence-electron chi connectivity index (χ0n) is 10.8. The Morgan fingerprint density at radius 1 is 1.27 bits per heavy atom. The average Bonchev–Trinajstić information content (AvgIpc) is 2.15. The largest absolute Gasteiger partial charge is 0.373 e. The van der Waals surface area contributed by atoms with Gasteiger partial charge < -0.3 is 10.1 Å². The van der Waals surface area contributed by atoms with Gasteiger partial charge in [-0.25, -0.2) is 0 Å². The van der Waals surface area contributed by atoms with E-state index in [4.69, 9.17) is 4.74 Å². The van der Waals surface area contributed by atoms with Gasteiger partial charge in [-0.05, 0) is 40.3 Å². The standard InChI is InChI=1S/C12H26N2O/c1-9(6-13-5)12(4)14-7-10(2)15-11(3)8-14/h9-13H,6-8H2,1-5H3/t9?,10-,11+,12?. The molecule has 0 radical (unpaired) electrons. The van der Waals surface area contributed by atoms with Gasteiger partial charge in [0.15, 0.2) is 0 Å².